The number of fused-ring (bicyclic) bond motifs is 2. The van der Waals surface area contributed by atoms with Crippen LogP contribution in [0.5, 0.6) is 0 Å². The van der Waals surface area contributed by atoms with Crippen LogP contribution in [0.3, 0.4) is 0 Å². The molecular weight excluding hydrogens is 552 g/mol. The quantitative estimate of drug-likeness (QED) is 0.297. The molecule has 6 heteroatoms. The van der Waals surface area contributed by atoms with Gasteiger partial charge in [-0.05, 0) is 118 Å². The number of aliphatic hydroxyl groups is 1. The molecule has 6 aliphatic rings. The van der Waals surface area contributed by atoms with Crippen LogP contribution < -0.4 is 0 Å². The molecular formula is C38H64O6. The van der Waals surface area contributed by atoms with E-state index in [0.29, 0.717) is 17.3 Å². The molecule has 0 aromatic carbocycles. The standard InChI is InChI=1S/C38H64O6/c1-22(2)23(3)31(39)43-27-14-16-38-21-37(38)18-17-34(8)30(36(10)15-13-28(44-36)33(6,7)40)25(42-12)20-35(34,9)26(37)19-24(41-11)29(38)32(27,4)5/h22-30,40H,13-21H2,1-12H3. The molecule has 0 bridgehead atoms. The topological polar surface area (TPSA) is 74.2 Å². The summed E-state index contributed by atoms with van der Waals surface area (Å²) in [6.45, 7) is 22.2. The van der Waals surface area contributed by atoms with Gasteiger partial charge in [0.15, 0.2) is 0 Å². The zero-order valence-electron chi connectivity index (χ0n) is 30.0. The Morgan fingerprint density at radius 1 is 0.864 bits per heavy atom. The molecule has 1 heterocycles. The molecule has 5 saturated carbocycles. The van der Waals surface area contributed by atoms with Crippen LogP contribution in [0, 0.1) is 56.7 Å². The number of rotatable bonds is 7. The zero-order chi connectivity index (χ0) is 32.5. The van der Waals surface area contributed by atoms with Gasteiger partial charge in [-0.2, -0.15) is 0 Å². The lowest BCUT2D eigenvalue weighted by Gasteiger charge is -2.65. The summed E-state index contributed by atoms with van der Waals surface area (Å²) in [5, 5.41) is 10.9. The van der Waals surface area contributed by atoms with Gasteiger partial charge in [-0.15, -0.1) is 0 Å². The lowest BCUT2D eigenvalue weighted by molar-refractivity contribution is -0.223. The van der Waals surface area contributed by atoms with Crippen molar-refractivity contribution in [3.8, 4) is 0 Å². The van der Waals surface area contributed by atoms with Crippen LogP contribution in [0.15, 0.2) is 0 Å². The number of methoxy groups -OCH3 is 2. The summed E-state index contributed by atoms with van der Waals surface area (Å²) in [7, 11) is 3.83. The minimum absolute atomic E-state index is 0.0415. The SMILES string of the molecule is COC1CC2(C)C3CC(OC)C4C(C)(C)C(OC(=O)C(C)C(C)C)CCC45CC35CCC2(C)C1C1(C)CCC(C(C)(C)O)O1. The molecule has 6 nitrogen and oxygen atoms in total. The number of hydrogen-bond acceptors (Lipinski definition) is 6. The van der Waals surface area contributed by atoms with Crippen molar-refractivity contribution >= 4 is 5.97 Å². The summed E-state index contributed by atoms with van der Waals surface area (Å²) in [5.74, 6) is 1.35. The Balaban J connectivity index is 1.33. The van der Waals surface area contributed by atoms with Crippen molar-refractivity contribution in [2.45, 2.75) is 163 Å². The summed E-state index contributed by atoms with van der Waals surface area (Å²) in [5.41, 5.74) is -0.588. The van der Waals surface area contributed by atoms with E-state index in [4.69, 9.17) is 18.9 Å². The molecule has 1 N–H and O–H groups in total. The highest BCUT2D eigenvalue weighted by Crippen LogP contribution is 2.89. The lowest BCUT2D eigenvalue weighted by Crippen LogP contribution is -2.63. The van der Waals surface area contributed by atoms with Gasteiger partial charge in [-0.1, -0.05) is 48.5 Å². The highest BCUT2D eigenvalue weighted by Gasteiger charge is 2.85. The summed E-state index contributed by atoms with van der Waals surface area (Å²) < 4.78 is 26.2. The molecule has 13 atom stereocenters. The second kappa shape index (κ2) is 10.2. The number of carbonyl (C=O) groups is 1. The smallest absolute Gasteiger partial charge is 0.309 e. The van der Waals surface area contributed by atoms with Gasteiger partial charge in [0, 0.05) is 25.6 Å². The summed E-state index contributed by atoms with van der Waals surface area (Å²) in [6.07, 6.45) is 9.83. The first-order valence-electron chi connectivity index (χ1n) is 17.9. The Kier molecular flexibility index (Phi) is 7.67. The van der Waals surface area contributed by atoms with Gasteiger partial charge in [0.25, 0.3) is 0 Å². The Labute approximate surface area is 268 Å². The summed E-state index contributed by atoms with van der Waals surface area (Å²) >= 11 is 0. The van der Waals surface area contributed by atoms with Crippen LogP contribution in [-0.4, -0.2) is 60.9 Å². The monoisotopic (exact) mass is 616 g/mol. The van der Waals surface area contributed by atoms with Gasteiger partial charge in [-0.25, -0.2) is 0 Å². The lowest BCUT2D eigenvalue weighted by atomic mass is 9.41. The largest absolute Gasteiger partial charge is 0.462 e. The maximum atomic E-state index is 13.2. The average Bonchev–Trinajstić information content (AvgIpc) is 3.28. The van der Waals surface area contributed by atoms with Crippen molar-refractivity contribution in [3.05, 3.63) is 0 Å². The van der Waals surface area contributed by atoms with Crippen molar-refractivity contribution in [1.29, 1.82) is 0 Å². The normalized spacial score (nSPS) is 51.6. The first kappa shape index (κ1) is 33.2. The van der Waals surface area contributed by atoms with E-state index in [1.165, 1.54) is 19.3 Å². The van der Waals surface area contributed by atoms with Crippen molar-refractivity contribution in [1.82, 2.24) is 0 Å². The highest BCUT2D eigenvalue weighted by molar-refractivity contribution is 5.72. The van der Waals surface area contributed by atoms with E-state index in [1.54, 1.807) is 0 Å². The molecule has 0 aromatic heterocycles. The van der Waals surface area contributed by atoms with E-state index in [9.17, 15) is 9.90 Å². The molecule has 44 heavy (non-hydrogen) atoms. The maximum Gasteiger partial charge on any atom is 0.309 e. The summed E-state index contributed by atoms with van der Waals surface area (Å²) in [4.78, 5) is 13.2. The molecule has 13 unspecified atom stereocenters. The Hall–Kier alpha value is -0.690. The molecule has 1 aliphatic heterocycles. The molecule has 0 radical (unpaired) electrons. The van der Waals surface area contributed by atoms with Gasteiger partial charge >= 0.3 is 5.97 Å². The Morgan fingerprint density at radius 2 is 1.52 bits per heavy atom. The molecule has 0 amide bonds. The fraction of sp³-hybridized carbons (Fsp3) is 0.974. The van der Waals surface area contributed by atoms with E-state index in [0.717, 1.165) is 38.5 Å². The number of esters is 1. The van der Waals surface area contributed by atoms with Gasteiger partial charge in [0.05, 0.1) is 35.4 Å². The predicted octanol–water partition coefficient (Wildman–Crippen LogP) is 7.59. The average molecular weight is 617 g/mol. The van der Waals surface area contributed by atoms with Crippen LogP contribution in [0.1, 0.15) is 127 Å². The van der Waals surface area contributed by atoms with Crippen LogP contribution in [0.25, 0.3) is 0 Å². The van der Waals surface area contributed by atoms with Gasteiger partial charge in [0.2, 0.25) is 0 Å². The van der Waals surface area contributed by atoms with Gasteiger partial charge < -0.3 is 24.1 Å². The summed E-state index contributed by atoms with van der Waals surface area (Å²) in [6, 6.07) is 0. The van der Waals surface area contributed by atoms with Gasteiger partial charge in [0.1, 0.15) is 6.10 Å². The van der Waals surface area contributed by atoms with Crippen molar-refractivity contribution in [2.75, 3.05) is 14.2 Å². The van der Waals surface area contributed by atoms with Gasteiger partial charge in [-0.3, -0.25) is 4.79 Å². The zero-order valence-corrected chi connectivity index (χ0v) is 30.0. The second-order valence-electron chi connectivity index (χ2n) is 18.7. The number of ether oxygens (including phenoxy) is 4. The third-order valence-corrected chi connectivity index (χ3v) is 15.9. The minimum Gasteiger partial charge on any atom is -0.462 e. The van der Waals surface area contributed by atoms with Crippen molar-refractivity contribution in [2.24, 2.45) is 56.7 Å². The molecule has 6 rings (SSSR count). The highest BCUT2D eigenvalue weighted by atomic mass is 16.5. The molecule has 5 aliphatic carbocycles. The first-order chi connectivity index (χ1) is 20.3. The van der Waals surface area contributed by atoms with Crippen molar-refractivity contribution in [3.63, 3.8) is 0 Å². The predicted molar refractivity (Wildman–Crippen MR) is 172 cm³/mol. The third-order valence-electron chi connectivity index (χ3n) is 15.9. The number of carbonyl (C=O) groups excluding carboxylic acids is 1. The molecule has 2 spiro atoms. The molecule has 1 saturated heterocycles. The van der Waals surface area contributed by atoms with Crippen LogP contribution in [0.4, 0.5) is 0 Å². The van der Waals surface area contributed by atoms with E-state index in [-0.39, 0.29) is 75.4 Å². The Morgan fingerprint density at radius 3 is 2.09 bits per heavy atom. The van der Waals surface area contributed by atoms with E-state index >= 15 is 0 Å². The van der Waals surface area contributed by atoms with Crippen molar-refractivity contribution < 1.29 is 28.8 Å². The fourth-order valence-electron chi connectivity index (χ4n) is 13.2. The van der Waals surface area contributed by atoms with Crippen LogP contribution in [0.2, 0.25) is 0 Å². The second-order valence-corrected chi connectivity index (χ2v) is 18.7. The first-order valence-corrected chi connectivity index (χ1v) is 17.9. The van der Waals surface area contributed by atoms with E-state index in [2.05, 4.69) is 48.5 Å². The molecule has 0 aromatic rings. The Bertz CT molecular complexity index is 1140. The van der Waals surface area contributed by atoms with E-state index < -0.39 is 5.60 Å². The molecule has 252 valence electrons. The third kappa shape index (κ3) is 4.21. The van der Waals surface area contributed by atoms with E-state index in [1.807, 2.05) is 35.0 Å². The van der Waals surface area contributed by atoms with Crippen LogP contribution >= 0.6 is 0 Å². The minimum atomic E-state index is -0.850. The van der Waals surface area contributed by atoms with Crippen LogP contribution in [-0.2, 0) is 23.7 Å². The molecule has 6 fully saturated rings. The number of hydrogen-bond donors (Lipinski definition) is 1. The maximum absolute atomic E-state index is 13.2. The fourth-order valence-corrected chi connectivity index (χ4v) is 13.2.